The number of aliphatic hydroxyl groups is 1. The molecule has 0 bridgehead atoms. The first-order chi connectivity index (χ1) is 25.9. The molecule has 320 valence electrons. The van der Waals surface area contributed by atoms with E-state index in [9.17, 15) is 53.4 Å². The number of aliphatic carboxylic acids is 1. The number of hydrogen-bond acceptors (Lipinski definition) is 11. The maximum Gasteiger partial charge on any atom is 0.326 e. The van der Waals surface area contributed by atoms with E-state index in [1.54, 1.807) is 27.7 Å². The number of carbonyl (C=O) groups is 9. The van der Waals surface area contributed by atoms with Crippen molar-refractivity contribution in [2.45, 2.75) is 137 Å². The van der Waals surface area contributed by atoms with Crippen molar-refractivity contribution in [3.05, 3.63) is 0 Å². The van der Waals surface area contributed by atoms with E-state index in [4.69, 9.17) is 11.5 Å². The van der Waals surface area contributed by atoms with E-state index in [2.05, 4.69) is 37.2 Å². The Morgan fingerprint density at radius 2 is 0.964 bits per heavy atom. The van der Waals surface area contributed by atoms with Gasteiger partial charge in [-0.3, -0.25) is 38.4 Å². The van der Waals surface area contributed by atoms with Gasteiger partial charge in [0.05, 0.1) is 19.2 Å². The van der Waals surface area contributed by atoms with Gasteiger partial charge in [-0.15, -0.1) is 0 Å². The summed E-state index contributed by atoms with van der Waals surface area (Å²) in [6.07, 6.45) is -1.53. The Hall–Kier alpha value is -4.85. The van der Waals surface area contributed by atoms with E-state index in [-0.39, 0.29) is 56.4 Å². The average molecular weight is 800 g/mol. The molecule has 0 aromatic heterocycles. The molecular formula is C36H65N9O11. The van der Waals surface area contributed by atoms with Gasteiger partial charge < -0.3 is 58.9 Å². The minimum atomic E-state index is -1.60. The number of carboxylic acids is 1. The van der Waals surface area contributed by atoms with Crippen LogP contribution in [0.25, 0.3) is 0 Å². The van der Waals surface area contributed by atoms with Crippen molar-refractivity contribution in [2.24, 2.45) is 35.1 Å². The molecule has 0 unspecified atom stereocenters. The lowest BCUT2D eigenvalue weighted by atomic mass is 9.99. The summed E-state index contributed by atoms with van der Waals surface area (Å²) in [5, 5.41) is 37.2. The molecule has 0 aromatic carbocycles. The highest BCUT2D eigenvalue weighted by Gasteiger charge is 2.34. The minimum Gasteiger partial charge on any atom is -0.480 e. The van der Waals surface area contributed by atoms with E-state index in [1.165, 1.54) is 6.92 Å². The zero-order chi connectivity index (χ0) is 43.4. The monoisotopic (exact) mass is 799 g/mol. The van der Waals surface area contributed by atoms with Gasteiger partial charge in [0.1, 0.15) is 36.3 Å². The standard InChI is InChI=1S/C36H65N9O11/c1-17(2)12-23(42-32(51)24(13-18(3)4)40-27(48)15-37)31(50)39-16-28(49)44-30(21(9)46)35(54)43-25(14-19(5)6)33(52)45-29(20(7)8)34(53)41-22(36(55)56)10-11-26(38)47/h17-25,29-30,46H,10-16,37H2,1-9H3,(H2,38,47)(H,39,50)(H,40,48)(H,41,53)(H,42,51)(H,43,54)(H,44,49)(H,45,52)(H,55,56)/t21-,22+,23+,24+,25+,29+,30+/m1/s1. The van der Waals surface area contributed by atoms with Crippen molar-refractivity contribution in [3.8, 4) is 0 Å². The average Bonchev–Trinajstić information content (AvgIpc) is 3.07. The second-order valence-electron chi connectivity index (χ2n) is 15.5. The first-order valence-electron chi connectivity index (χ1n) is 18.9. The number of hydrogen-bond donors (Lipinski definition) is 11. The maximum atomic E-state index is 13.5. The minimum absolute atomic E-state index is 0.0163. The van der Waals surface area contributed by atoms with Gasteiger partial charge in [-0.05, 0) is 56.3 Å². The predicted molar refractivity (Wildman–Crippen MR) is 205 cm³/mol. The van der Waals surface area contributed by atoms with Crippen LogP contribution in [0.5, 0.6) is 0 Å². The zero-order valence-corrected chi connectivity index (χ0v) is 34.0. The summed E-state index contributed by atoms with van der Waals surface area (Å²) < 4.78 is 0. The number of aliphatic hydroxyl groups excluding tert-OH is 1. The first-order valence-corrected chi connectivity index (χ1v) is 18.9. The summed E-state index contributed by atoms with van der Waals surface area (Å²) >= 11 is 0. The molecule has 0 heterocycles. The number of primary amides is 1. The van der Waals surface area contributed by atoms with Crippen molar-refractivity contribution in [1.29, 1.82) is 0 Å². The third kappa shape index (κ3) is 20.2. The summed E-state index contributed by atoms with van der Waals surface area (Å²) in [6, 6.07) is -7.63. The topological polar surface area (TPSA) is 330 Å². The maximum absolute atomic E-state index is 13.5. The third-order valence-corrected chi connectivity index (χ3v) is 8.27. The van der Waals surface area contributed by atoms with Gasteiger partial charge >= 0.3 is 5.97 Å². The Morgan fingerprint density at radius 3 is 1.39 bits per heavy atom. The molecule has 0 aromatic rings. The van der Waals surface area contributed by atoms with Crippen molar-refractivity contribution in [3.63, 3.8) is 0 Å². The van der Waals surface area contributed by atoms with Crippen LogP contribution in [0.3, 0.4) is 0 Å². The van der Waals surface area contributed by atoms with Crippen molar-refractivity contribution in [2.75, 3.05) is 13.1 Å². The van der Waals surface area contributed by atoms with Gasteiger partial charge in [0.15, 0.2) is 0 Å². The van der Waals surface area contributed by atoms with E-state index in [0.717, 1.165) is 0 Å². The number of carbonyl (C=O) groups excluding carboxylic acids is 8. The molecule has 0 spiro atoms. The predicted octanol–water partition coefficient (Wildman–Crippen LogP) is -2.50. The van der Waals surface area contributed by atoms with Crippen LogP contribution in [-0.2, 0) is 43.2 Å². The van der Waals surface area contributed by atoms with Crippen LogP contribution < -0.4 is 48.7 Å². The van der Waals surface area contributed by atoms with Crippen molar-refractivity contribution >= 4 is 53.2 Å². The molecule has 7 atom stereocenters. The van der Waals surface area contributed by atoms with Gasteiger partial charge in [-0.2, -0.15) is 0 Å². The van der Waals surface area contributed by atoms with E-state index in [1.807, 2.05) is 27.7 Å². The summed E-state index contributed by atoms with van der Waals surface area (Å²) in [6.45, 7) is 14.3. The molecule has 0 radical (unpaired) electrons. The molecule has 20 nitrogen and oxygen atoms in total. The van der Waals surface area contributed by atoms with Gasteiger partial charge in [0.2, 0.25) is 47.3 Å². The normalized spacial score (nSPS) is 15.1. The summed E-state index contributed by atoms with van der Waals surface area (Å²) in [7, 11) is 0. The zero-order valence-electron chi connectivity index (χ0n) is 34.0. The van der Waals surface area contributed by atoms with Crippen LogP contribution in [0.2, 0.25) is 0 Å². The first kappa shape index (κ1) is 51.1. The quantitative estimate of drug-likeness (QED) is 0.0433. The molecule has 8 amide bonds. The number of nitrogens with one attached hydrogen (secondary N) is 7. The van der Waals surface area contributed by atoms with E-state index >= 15 is 0 Å². The number of amides is 8. The largest absolute Gasteiger partial charge is 0.480 e. The summed E-state index contributed by atoms with van der Waals surface area (Å²) in [5.74, 6) is -8.30. The smallest absolute Gasteiger partial charge is 0.326 e. The molecule has 0 rings (SSSR count). The van der Waals surface area contributed by atoms with Gasteiger partial charge in [0, 0.05) is 6.42 Å². The SMILES string of the molecule is CC(C)C[C@H](NC(=O)CN)C(=O)N[C@@H](CC(C)C)C(=O)NCC(=O)N[C@H](C(=O)N[C@@H](CC(C)C)C(=O)N[C@H](C(=O)N[C@@H](CCC(N)=O)C(=O)O)C(C)C)[C@@H](C)O. The molecule has 0 saturated carbocycles. The molecule has 56 heavy (non-hydrogen) atoms. The lowest BCUT2D eigenvalue weighted by molar-refractivity contribution is -0.143. The molecular weight excluding hydrogens is 734 g/mol. The molecule has 20 heteroatoms. The molecule has 0 fully saturated rings. The van der Waals surface area contributed by atoms with Crippen LogP contribution in [-0.4, -0.2) is 119 Å². The van der Waals surface area contributed by atoms with Crippen LogP contribution in [0.15, 0.2) is 0 Å². The van der Waals surface area contributed by atoms with Crippen LogP contribution in [0.4, 0.5) is 0 Å². The Kier molecular flexibility index (Phi) is 23.1. The molecule has 13 N–H and O–H groups in total. The van der Waals surface area contributed by atoms with Gasteiger partial charge in [-0.25, -0.2) is 4.79 Å². The molecule has 0 saturated heterocycles. The van der Waals surface area contributed by atoms with Crippen molar-refractivity contribution < 1.29 is 53.4 Å². The van der Waals surface area contributed by atoms with Crippen LogP contribution >= 0.6 is 0 Å². The third-order valence-electron chi connectivity index (χ3n) is 8.27. The Labute approximate surface area is 328 Å². The molecule has 0 aliphatic carbocycles. The van der Waals surface area contributed by atoms with E-state index in [0.29, 0.717) is 0 Å². The van der Waals surface area contributed by atoms with Gasteiger partial charge in [-0.1, -0.05) is 55.4 Å². The number of rotatable bonds is 26. The Balaban J connectivity index is 5.85. The second-order valence-corrected chi connectivity index (χ2v) is 15.5. The highest BCUT2D eigenvalue weighted by atomic mass is 16.4. The second kappa shape index (κ2) is 25.3. The van der Waals surface area contributed by atoms with Crippen LogP contribution in [0.1, 0.15) is 94.4 Å². The lowest BCUT2D eigenvalue weighted by Gasteiger charge is -2.29. The Bertz CT molecular complexity index is 1370. The molecule has 0 aliphatic rings. The molecule has 0 aliphatic heterocycles. The summed E-state index contributed by atoms with van der Waals surface area (Å²) in [5.41, 5.74) is 10.5. The fourth-order valence-corrected chi connectivity index (χ4v) is 5.41. The van der Waals surface area contributed by atoms with Crippen molar-refractivity contribution in [1.82, 2.24) is 37.2 Å². The highest BCUT2D eigenvalue weighted by molar-refractivity contribution is 5.97. The fraction of sp³-hybridized carbons (Fsp3) is 0.750. The number of nitrogens with two attached hydrogens (primary N) is 2. The van der Waals surface area contributed by atoms with Gasteiger partial charge in [0.25, 0.3) is 0 Å². The van der Waals surface area contributed by atoms with Crippen LogP contribution in [0, 0.1) is 23.7 Å². The highest BCUT2D eigenvalue weighted by Crippen LogP contribution is 2.11. The number of carboxylic acid groups (broad SMARTS) is 1. The summed E-state index contributed by atoms with van der Waals surface area (Å²) in [4.78, 5) is 114. The lowest BCUT2D eigenvalue weighted by Crippen LogP contribution is -2.61. The Morgan fingerprint density at radius 1 is 0.536 bits per heavy atom. The van der Waals surface area contributed by atoms with E-state index < -0.39 is 108 Å². The fourth-order valence-electron chi connectivity index (χ4n) is 5.41.